The second-order valence-electron chi connectivity index (χ2n) is 6.04. The first-order chi connectivity index (χ1) is 10.2. The summed E-state index contributed by atoms with van der Waals surface area (Å²) in [7, 11) is 0. The molecule has 1 spiro atoms. The van der Waals surface area contributed by atoms with Crippen LogP contribution in [-0.4, -0.2) is 47.8 Å². The molecule has 1 atom stereocenters. The van der Waals surface area contributed by atoms with Crippen LogP contribution in [0.15, 0.2) is 17.5 Å². The fraction of sp³-hybridized carbons (Fsp3) is 0.625. The molecule has 4 nitrogen and oxygen atoms in total. The standard InChI is InChI=1S/C16H22N2O2S/c1-2-17-10-7-16(15(17)20)6-4-9-18(11-8-16)14(19)13-5-3-12-21-13/h3,5,12H,2,4,6-11H2,1H3. The Labute approximate surface area is 129 Å². The Morgan fingerprint density at radius 1 is 1.29 bits per heavy atom. The number of amides is 2. The first kappa shape index (κ1) is 14.6. The average molecular weight is 306 g/mol. The number of nitrogens with zero attached hydrogens (tertiary/aromatic N) is 2. The van der Waals surface area contributed by atoms with Crippen molar-refractivity contribution in [1.29, 1.82) is 0 Å². The molecule has 1 aromatic heterocycles. The molecule has 2 amide bonds. The van der Waals surface area contributed by atoms with Crippen molar-refractivity contribution < 1.29 is 9.59 Å². The summed E-state index contributed by atoms with van der Waals surface area (Å²) in [6, 6.07) is 3.80. The van der Waals surface area contributed by atoms with Crippen molar-refractivity contribution in [2.75, 3.05) is 26.2 Å². The Hall–Kier alpha value is -1.36. The molecule has 1 aromatic rings. The molecule has 1 unspecified atom stereocenters. The van der Waals surface area contributed by atoms with Crippen LogP contribution in [0.3, 0.4) is 0 Å². The summed E-state index contributed by atoms with van der Waals surface area (Å²) in [6.07, 6.45) is 3.64. The van der Waals surface area contributed by atoms with Crippen LogP contribution in [0, 0.1) is 5.41 Å². The van der Waals surface area contributed by atoms with Gasteiger partial charge >= 0.3 is 0 Å². The van der Waals surface area contributed by atoms with Crippen LogP contribution in [0.4, 0.5) is 0 Å². The number of rotatable bonds is 2. The molecule has 114 valence electrons. The largest absolute Gasteiger partial charge is 0.342 e. The third-order valence-corrected chi connectivity index (χ3v) is 5.80. The average Bonchev–Trinajstić information content (AvgIpc) is 3.06. The lowest BCUT2D eigenvalue weighted by atomic mass is 9.79. The van der Waals surface area contributed by atoms with Crippen molar-refractivity contribution in [2.24, 2.45) is 5.41 Å². The second kappa shape index (κ2) is 5.79. The van der Waals surface area contributed by atoms with E-state index in [1.807, 2.05) is 34.2 Å². The zero-order valence-electron chi connectivity index (χ0n) is 12.5. The van der Waals surface area contributed by atoms with E-state index in [-0.39, 0.29) is 11.3 Å². The first-order valence-corrected chi connectivity index (χ1v) is 8.66. The van der Waals surface area contributed by atoms with Gasteiger partial charge in [0, 0.05) is 26.2 Å². The zero-order valence-corrected chi connectivity index (χ0v) is 13.3. The minimum absolute atomic E-state index is 0.125. The quantitative estimate of drug-likeness (QED) is 0.843. The summed E-state index contributed by atoms with van der Waals surface area (Å²) in [6.45, 7) is 5.21. The number of hydrogen-bond donors (Lipinski definition) is 0. The summed E-state index contributed by atoms with van der Waals surface area (Å²) < 4.78 is 0. The van der Waals surface area contributed by atoms with Gasteiger partial charge in [0.05, 0.1) is 10.3 Å². The van der Waals surface area contributed by atoms with Crippen LogP contribution in [0.25, 0.3) is 0 Å². The van der Waals surface area contributed by atoms with Crippen LogP contribution in [0.1, 0.15) is 42.3 Å². The van der Waals surface area contributed by atoms with E-state index in [1.165, 1.54) is 11.3 Å². The summed E-state index contributed by atoms with van der Waals surface area (Å²) in [5.41, 5.74) is -0.194. The fourth-order valence-electron chi connectivity index (χ4n) is 3.61. The molecule has 21 heavy (non-hydrogen) atoms. The lowest BCUT2D eigenvalue weighted by molar-refractivity contribution is -0.136. The maximum absolute atomic E-state index is 12.6. The molecule has 5 heteroatoms. The van der Waals surface area contributed by atoms with Gasteiger partial charge in [0.2, 0.25) is 5.91 Å². The Balaban J connectivity index is 1.70. The molecular formula is C16H22N2O2S. The highest BCUT2D eigenvalue weighted by Gasteiger charge is 2.46. The van der Waals surface area contributed by atoms with E-state index >= 15 is 0 Å². The molecule has 3 rings (SSSR count). The number of thiophene rings is 1. The molecule has 2 saturated heterocycles. The van der Waals surface area contributed by atoms with E-state index < -0.39 is 0 Å². The van der Waals surface area contributed by atoms with E-state index in [9.17, 15) is 9.59 Å². The maximum atomic E-state index is 12.6. The molecule has 0 radical (unpaired) electrons. The predicted octanol–water partition coefficient (Wildman–Crippen LogP) is 2.61. The first-order valence-electron chi connectivity index (χ1n) is 7.78. The Morgan fingerprint density at radius 2 is 2.10 bits per heavy atom. The van der Waals surface area contributed by atoms with Gasteiger partial charge in [-0.2, -0.15) is 0 Å². The van der Waals surface area contributed by atoms with Crippen LogP contribution in [0.5, 0.6) is 0 Å². The van der Waals surface area contributed by atoms with Gasteiger partial charge in [-0.15, -0.1) is 11.3 Å². The summed E-state index contributed by atoms with van der Waals surface area (Å²) in [4.78, 5) is 29.8. The minimum atomic E-state index is -0.194. The van der Waals surface area contributed by atoms with Gasteiger partial charge in [0.25, 0.3) is 5.91 Å². The summed E-state index contributed by atoms with van der Waals surface area (Å²) in [5.74, 6) is 0.440. The second-order valence-corrected chi connectivity index (χ2v) is 6.99. The summed E-state index contributed by atoms with van der Waals surface area (Å²) >= 11 is 1.49. The third-order valence-electron chi connectivity index (χ3n) is 4.95. The highest BCUT2D eigenvalue weighted by molar-refractivity contribution is 7.12. The Bertz CT molecular complexity index is 528. The third kappa shape index (κ3) is 2.59. The van der Waals surface area contributed by atoms with Crippen molar-refractivity contribution in [3.05, 3.63) is 22.4 Å². The van der Waals surface area contributed by atoms with Crippen LogP contribution in [-0.2, 0) is 4.79 Å². The molecule has 0 bridgehead atoms. The number of carbonyl (C=O) groups is 2. The maximum Gasteiger partial charge on any atom is 0.263 e. The van der Waals surface area contributed by atoms with Gasteiger partial charge in [-0.3, -0.25) is 9.59 Å². The van der Waals surface area contributed by atoms with E-state index in [0.29, 0.717) is 12.5 Å². The smallest absolute Gasteiger partial charge is 0.263 e. The molecule has 0 aromatic carbocycles. The lowest BCUT2D eigenvalue weighted by Crippen LogP contribution is -2.36. The molecule has 2 fully saturated rings. The van der Waals surface area contributed by atoms with E-state index in [1.54, 1.807) is 0 Å². The lowest BCUT2D eigenvalue weighted by Gasteiger charge is -2.26. The van der Waals surface area contributed by atoms with Gasteiger partial charge < -0.3 is 9.80 Å². The van der Waals surface area contributed by atoms with Crippen LogP contribution in [0.2, 0.25) is 0 Å². The minimum Gasteiger partial charge on any atom is -0.342 e. The van der Waals surface area contributed by atoms with E-state index in [4.69, 9.17) is 0 Å². The van der Waals surface area contributed by atoms with E-state index in [0.717, 1.165) is 50.2 Å². The molecule has 0 aliphatic carbocycles. The highest BCUT2D eigenvalue weighted by atomic mass is 32.1. The van der Waals surface area contributed by atoms with Gasteiger partial charge in [0.15, 0.2) is 0 Å². The zero-order chi connectivity index (χ0) is 14.9. The predicted molar refractivity (Wildman–Crippen MR) is 83.4 cm³/mol. The van der Waals surface area contributed by atoms with Gasteiger partial charge in [0.1, 0.15) is 0 Å². The van der Waals surface area contributed by atoms with Crippen molar-refractivity contribution in [1.82, 2.24) is 9.80 Å². The van der Waals surface area contributed by atoms with Crippen LogP contribution >= 0.6 is 11.3 Å². The van der Waals surface area contributed by atoms with Crippen molar-refractivity contribution in [2.45, 2.75) is 32.6 Å². The monoisotopic (exact) mass is 306 g/mol. The molecule has 0 N–H and O–H groups in total. The highest BCUT2D eigenvalue weighted by Crippen LogP contribution is 2.41. The fourth-order valence-corrected chi connectivity index (χ4v) is 4.30. The van der Waals surface area contributed by atoms with Crippen molar-refractivity contribution in [3.63, 3.8) is 0 Å². The number of likely N-dealkylation sites (tertiary alicyclic amines) is 2. The molecule has 2 aliphatic heterocycles. The number of hydrogen-bond acceptors (Lipinski definition) is 3. The van der Waals surface area contributed by atoms with Gasteiger partial charge in [-0.05, 0) is 44.1 Å². The van der Waals surface area contributed by atoms with Crippen LogP contribution < -0.4 is 0 Å². The molecule has 2 aliphatic rings. The van der Waals surface area contributed by atoms with Gasteiger partial charge in [-0.25, -0.2) is 0 Å². The summed E-state index contributed by atoms with van der Waals surface area (Å²) in [5, 5.41) is 1.94. The molecule has 3 heterocycles. The normalized spacial score (nSPS) is 26.4. The molecule has 0 saturated carbocycles. The Morgan fingerprint density at radius 3 is 2.76 bits per heavy atom. The van der Waals surface area contributed by atoms with Gasteiger partial charge in [-0.1, -0.05) is 6.07 Å². The Kier molecular flexibility index (Phi) is 4.02. The molecular weight excluding hydrogens is 284 g/mol. The topological polar surface area (TPSA) is 40.6 Å². The van der Waals surface area contributed by atoms with Crippen molar-refractivity contribution in [3.8, 4) is 0 Å². The van der Waals surface area contributed by atoms with E-state index in [2.05, 4.69) is 0 Å². The number of carbonyl (C=O) groups excluding carboxylic acids is 2. The van der Waals surface area contributed by atoms with Crippen molar-refractivity contribution >= 4 is 23.2 Å². The SMILES string of the molecule is CCN1CCC2(CCCN(C(=O)c3cccs3)CC2)C1=O.